The van der Waals surface area contributed by atoms with Gasteiger partial charge in [0, 0.05) is 11.9 Å². The molecule has 0 aliphatic heterocycles. The number of pyridine rings is 1. The molecule has 1 aromatic heterocycles. The molecule has 0 unspecified atom stereocenters. The van der Waals surface area contributed by atoms with E-state index in [0.29, 0.717) is 11.4 Å². The molecule has 1 amide bonds. The number of amides is 1. The van der Waals surface area contributed by atoms with Gasteiger partial charge in [-0.2, -0.15) is 0 Å². The Morgan fingerprint density at radius 1 is 1.21 bits per heavy atom. The summed E-state index contributed by atoms with van der Waals surface area (Å²) in [6.45, 7) is 0. The highest BCUT2D eigenvalue weighted by Crippen LogP contribution is 2.13. The molecule has 4 N–H and O–H groups in total. The smallest absolute Gasteiger partial charge is 0.409 e. The van der Waals surface area contributed by atoms with E-state index in [1.807, 2.05) is 36.4 Å². The van der Waals surface area contributed by atoms with Crippen LogP contribution in [0.15, 0.2) is 42.7 Å². The molecule has 5 nitrogen and oxygen atoms in total. The van der Waals surface area contributed by atoms with E-state index in [0.717, 1.165) is 11.1 Å². The third-order valence-corrected chi connectivity index (χ3v) is 2.39. The Hall–Kier alpha value is -2.82. The van der Waals surface area contributed by atoms with E-state index in [1.165, 1.54) is 6.20 Å². The molecule has 0 aliphatic rings. The van der Waals surface area contributed by atoms with Crippen LogP contribution in [-0.2, 0) is 0 Å². The maximum absolute atomic E-state index is 10.5. The summed E-state index contributed by atoms with van der Waals surface area (Å²) in [6, 6.07) is 9.17. The zero-order chi connectivity index (χ0) is 13.7. The molecule has 2 rings (SSSR count). The van der Waals surface area contributed by atoms with Crippen LogP contribution in [0.25, 0.3) is 12.2 Å². The van der Waals surface area contributed by atoms with Crippen molar-refractivity contribution in [1.29, 1.82) is 0 Å². The number of nitrogens with one attached hydrogen (secondary N) is 1. The van der Waals surface area contributed by atoms with Crippen molar-refractivity contribution in [3.63, 3.8) is 0 Å². The first kappa shape index (κ1) is 12.6. The summed E-state index contributed by atoms with van der Waals surface area (Å²) in [5.74, 6) is 0. The SMILES string of the molecule is Nc1cccc(C=Cc2cncc(NC(=O)O)c2)c1. The van der Waals surface area contributed by atoms with E-state index >= 15 is 0 Å². The lowest BCUT2D eigenvalue weighted by molar-refractivity contribution is 0.209. The molecule has 0 atom stereocenters. The Morgan fingerprint density at radius 3 is 2.74 bits per heavy atom. The number of hydrogen-bond acceptors (Lipinski definition) is 3. The molecule has 5 heteroatoms. The van der Waals surface area contributed by atoms with E-state index in [2.05, 4.69) is 10.3 Å². The number of aromatic nitrogens is 1. The van der Waals surface area contributed by atoms with Crippen LogP contribution in [0.1, 0.15) is 11.1 Å². The molecule has 0 spiro atoms. The topological polar surface area (TPSA) is 88.2 Å². The van der Waals surface area contributed by atoms with Crippen molar-refractivity contribution in [3.05, 3.63) is 53.9 Å². The predicted molar refractivity (Wildman–Crippen MR) is 75.7 cm³/mol. The zero-order valence-electron chi connectivity index (χ0n) is 10.1. The van der Waals surface area contributed by atoms with Crippen molar-refractivity contribution in [3.8, 4) is 0 Å². The Kier molecular flexibility index (Phi) is 3.78. The van der Waals surface area contributed by atoms with Crippen LogP contribution in [0.4, 0.5) is 16.2 Å². The highest BCUT2D eigenvalue weighted by Gasteiger charge is 1.98. The van der Waals surface area contributed by atoms with E-state index < -0.39 is 6.09 Å². The van der Waals surface area contributed by atoms with E-state index in [1.54, 1.807) is 12.3 Å². The molecule has 0 bridgehead atoms. The standard InChI is InChI=1S/C14H13N3O2/c15-12-3-1-2-10(6-12)4-5-11-7-13(9-16-8-11)17-14(18)19/h1-9,17H,15H2,(H,18,19). The summed E-state index contributed by atoms with van der Waals surface area (Å²) < 4.78 is 0. The molecule has 0 radical (unpaired) electrons. The largest absolute Gasteiger partial charge is 0.465 e. The van der Waals surface area contributed by atoms with E-state index in [-0.39, 0.29) is 0 Å². The molecule has 0 fully saturated rings. The normalized spacial score (nSPS) is 10.5. The number of nitrogens with two attached hydrogens (primary N) is 1. The first-order chi connectivity index (χ1) is 9.13. The van der Waals surface area contributed by atoms with Gasteiger partial charge in [-0.3, -0.25) is 10.3 Å². The second kappa shape index (κ2) is 5.68. The van der Waals surface area contributed by atoms with Crippen LogP contribution < -0.4 is 11.1 Å². The monoisotopic (exact) mass is 255 g/mol. The fourth-order valence-corrected chi connectivity index (χ4v) is 1.60. The molecule has 1 aromatic carbocycles. The highest BCUT2D eigenvalue weighted by molar-refractivity contribution is 5.83. The second-order valence-electron chi connectivity index (χ2n) is 3.94. The van der Waals surface area contributed by atoms with Crippen LogP contribution in [0, 0.1) is 0 Å². The summed E-state index contributed by atoms with van der Waals surface area (Å²) in [6.07, 6.45) is 5.72. The summed E-state index contributed by atoms with van der Waals surface area (Å²) in [7, 11) is 0. The minimum Gasteiger partial charge on any atom is -0.465 e. The minimum absolute atomic E-state index is 0.433. The molecular formula is C14H13N3O2. The van der Waals surface area contributed by atoms with Gasteiger partial charge in [-0.25, -0.2) is 4.79 Å². The fourth-order valence-electron chi connectivity index (χ4n) is 1.60. The predicted octanol–water partition coefficient (Wildman–Crippen LogP) is 2.92. The average molecular weight is 255 g/mol. The van der Waals surface area contributed by atoms with Gasteiger partial charge in [0.05, 0.1) is 11.9 Å². The lowest BCUT2D eigenvalue weighted by Crippen LogP contribution is -2.07. The molecule has 96 valence electrons. The molecule has 0 saturated carbocycles. The van der Waals surface area contributed by atoms with Crippen LogP contribution in [0.2, 0.25) is 0 Å². The highest BCUT2D eigenvalue weighted by atomic mass is 16.4. The van der Waals surface area contributed by atoms with Crippen molar-refractivity contribution in [1.82, 2.24) is 4.98 Å². The van der Waals surface area contributed by atoms with E-state index in [9.17, 15) is 4.79 Å². The number of carboxylic acid groups (broad SMARTS) is 1. The summed E-state index contributed by atoms with van der Waals surface area (Å²) in [5, 5.41) is 10.9. The maximum atomic E-state index is 10.5. The zero-order valence-corrected chi connectivity index (χ0v) is 10.1. The number of nitrogen functional groups attached to an aromatic ring is 1. The van der Waals surface area contributed by atoms with Gasteiger partial charge in [-0.1, -0.05) is 24.3 Å². The van der Waals surface area contributed by atoms with Gasteiger partial charge >= 0.3 is 6.09 Å². The first-order valence-corrected chi connectivity index (χ1v) is 5.62. The van der Waals surface area contributed by atoms with Crippen molar-refractivity contribution in [2.75, 3.05) is 11.1 Å². The quantitative estimate of drug-likeness (QED) is 0.736. The lowest BCUT2D eigenvalue weighted by Gasteiger charge is -2.01. The van der Waals surface area contributed by atoms with Crippen molar-refractivity contribution >= 4 is 29.6 Å². The average Bonchev–Trinajstić information content (AvgIpc) is 2.36. The minimum atomic E-state index is -1.11. The molecular weight excluding hydrogens is 242 g/mol. The Bertz CT molecular complexity index is 624. The molecule has 2 aromatic rings. The maximum Gasteiger partial charge on any atom is 0.409 e. The molecule has 19 heavy (non-hydrogen) atoms. The third-order valence-electron chi connectivity index (χ3n) is 2.39. The van der Waals surface area contributed by atoms with Gasteiger partial charge in [-0.05, 0) is 29.3 Å². The number of anilines is 2. The lowest BCUT2D eigenvalue weighted by atomic mass is 10.1. The van der Waals surface area contributed by atoms with Gasteiger partial charge in [0.25, 0.3) is 0 Å². The van der Waals surface area contributed by atoms with Gasteiger partial charge in [0.1, 0.15) is 0 Å². The van der Waals surface area contributed by atoms with E-state index in [4.69, 9.17) is 10.8 Å². The molecule has 0 aliphatic carbocycles. The van der Waals surface area contributed by atoms with Crippen molar-refractivity contribution in [2.45, 2.75) is 0 Å². The third kappa shape index (κ3) is 3.85. The summed E-state index contributed by atoms with van der Waals surface area (Å²) >= 11 is 0. The van der Waals surface area contributed by atoms with Crippen LogP contribution in [-0.4, -0.2) is 16.2 Å². The van der Waals surface area contributed by atoms with Gasteiger partial charge in [-0.15, -0.1) is 0 Å². The summed E-state index contributed by atoms with van der Waals surface area (Å²) in [4.78, 5) is 14.5. The van der Waals surface area contributed by atoms with Gasteiger partial charge < -0.3 is 10.8 Å². The van der Waals surface area contributed by atoms with Crippen molar-refractivity contribution < 1.29 is 9.90 Å². The number of hydrogen-bond donors (Lipinski definition) is 3. The van der Waals surface area contributed by atoms with Gasteiger partial charge in [0.2, 0.25) is 0 Å². The Balaban J connectivity index is 2.16. The molecule has 0 saturated heterocycles. The first-order valence-electron chi connectivity index (χ1n) is 5.62. The number of carbonyl (C=O) groups is 1. The number of nitrogens with zero attached hydrogens (tertiary/aromatic N) is 1. The number of rotatable bonds is 3. The number of benzene rings is 1. The fraction of sp³-hybridized carbons (Fsp3) is 0. The van der Waals surface area contributed by atoms with Crippen LogP contribution in [0.3, 0.4) is 0 Å². The molecule has 1 heterocycles. The Morgan fingerprint density at radius 2 is 2.00 bits per heavy atom. The summed E-state index contributed by atoms with van der Waals surface area (Å²) in [5.41, 5.74) is 8.58. The Labute approximate surface area is 110 Å². The van der Waals surface area contributed by atoms with Gasteiger partial charge in [0.15, 0.2) is 0 Å². The van der Waals surface area contributed by atoms with Crippen LogP contribution >= 0.6 is 0 Å². The van der Waals surface area contributed by atoms with Crippen LogP contribution in [0.5, 0.6) is 0 Å². The second-order valence-corrected chi connectivity index (χ2v) is 3.94. The van der Waals surface area contributed by atoms with Crippen molar-refractivity contribution in [2.24, 2.45) is 0 Å².